The van der Waals surface area contributed by atoms with Gasteiger partial charge in [-0.15, -0.1) is 0 Å². The lowest BCUT2D eigenvalue weighted by Crippen LogP contribution is -2.53. The summed E-state index contributed by atoms with van der Waals surface area (Å²) in [6.45, 7) is 7.77. The van der Waals surface area contributed by atoms with Crippen LogP contribution >= 0.6 is 0 Å². The quantitative estimate of drug-likeness (QED) is 0.653. The van der Waals surface area contributed by atoms with Gasteiger partial charge in [-0.25, -0.2) is 8.42 Å². The van der Waals surface area contributed by atoms with Gasteiger partial charge in [0.25, 0.3) is 0 Å². The molecule has 1 aliphatic rings. The van der Waals surface area contributed by atoms with Crippen molar-refractivity contribution in [3.05, 3.63) is 54.1 Å². The standard InChI is InChI=1S/C24H33N3O4S/c1-5-18(2)20-10-12-21(13-11-20)32(29,30)27-16-14-26(15-17-27)19(3)24(28)25-22-8-6-7-9-23(22)31-4/h6-13,18-19H,5,14-17H2,1-4H3,(H,25,28). The molecular formula is C24H33N3O4S. The van der Waals surface area contributed by atoms with Crippen molar-refractivity contribution in [2.24, 2.45) is 0 Å². The molecule has 174 valence electrons. The van der Waals surface area contributed by atoms with Gasteiger partial charge in [-0.05, 0) is 49.1 Å². The van der Waals surface area contributed by atoms with Crippen molar-refractivity contribution in [3.8, 4) is 5.75 Å². The van der Waals surface area contributed by atoms with E-state index in [2.05, 4.69) is 19.2 Å². The van der Waals surface area contributed by atoms with Gasteiger partial charge in [0.05, 0.1) is 23.7 Å². The highest BCUT2D eigenvalue weighted by atomic mass is 32.2. The maximum atomic E-state index is 13.1. The molecule has 2 aromatic carbocycles. The smallest absolute Gasteiger partial charge is 0.243 e. The number of hydrogen-bond donors (Lipinski definition) is 1. The van der Waals surface area contributed by atoms with Crippen LogP contribution in [0.1, 0.15) is 38.7 Å². The summed E-state index contributed by atoms with van der Waals surface area (Å²) in [4.78, 5) is 15.1. The van der Waals surface area contributed by atoms with Crippen molar-refractivity contribution in [3.63, 3.8) is 0 Å². The predicted molar refractivity (Wildman–Crippen MR) is 127 cm³/mol. The van der Waals surface area contributed by atoms with Gasteiger partial charge in [0.2, 0.25) is 15.9 Å². The number of sulfonamides is 1. The number of amides is 1. The Balaban J connectivity index is 1.60. The number of hydrogen-bond acceptors (Lipinski definition) is 5. The van der Waals surface area contributed by atoms with Gasteiger partial charge in [0.15, 0.2) is 0 Å². The van der Waals surface area contributed by atoms with Crippen molar-refractivity contribution in [1.29, 1.82) is 0 Å². The van der Waals surface area contributed by atoms with Crippen molar-refractivity contribution >= 4 is 21.6 Å². The summed E-state index contributed by atoms with van der Waals surface area (Å²) in [7, 11) is -1.99. The van der Waals surface area contributed by atoms with E-state index >= 15 is 0 Å². The molecule has 1 saturated heterocycles. The fraction of sp³-hybridized carbons (Fsp3) is 0.458. The first-order chi connectivity index (χ1) is 15.3. The molecule has 1 aliphatic heterocycles. The summed E-state index contributed by atoms with van der Waals surface area (Å²) in [6, 6.07) is 14.1. The van der Waals surface area contributed by atoms with Crippen LogP contribution in [0.4, 0.5) is 5.69 Å². The lowest BCUT2D eigenvalue weighted by molar-refractivity contribution is -0.121. The van der Waals surface area contributed by atoms with Crippen molar-refractivity contribution in [1.82, 2.24) is 9.21 Å². The van der Waals surface area contributed by atoms with Gasteiger partial charge < -0.3 is 10.1 Å². The van der Waals surface area contributed by atoms with E-state index in [0.717, 1.165) is 12.0 Å². The molecule has 1 amide bonds. The van der Waals surface area contributed by atoms with E-state index in [9.17, 15) is 13.2 Å². The maximum absolute atomic E-state index is 13.1. The van der Waals surface area contributed by atoms with E-state index in [1.807, 2.05) is 36.1 Å². The highest BCUT2D eigenvalue weighted by Gasteiger charge is 2.32. The topological polar surface area (TPSA) is 79.0 Å². The first kappa shape index (κ1) is 24.2. The molecule has 7 nitrogen and oxygen atoms in total. The number of carbonyl (C=O) groups excluding carboxylic acids is 1. The van der Waals surface area contributed by atoms with Crippen LogP contribution in [0.2, 0.25) is 0 Å². The number of anilines is 1. The second-order valence-electron chi connectivity index (χ2n) is 8.18. The molecule has 0 bridgehead atoms. The number of ether oxygens (including phenoxy) is 1. The Labute approximate surface area is 191 Å². The molecule has 0 aliphatic carbocycles. The van der Waals surface area contributed by atoms with Crippen LogP contribution in [-0.4, -0.2) is 62.9 Å². The number of piperazine rings is 1. The Bertz CT molecular complexity index is 1020. The number of benzene rings is 2. The Kier molecular flexibility index (Phi) is 7.92. The van der Waals surface area contributed by atoms with E-state index < -0.39 is 10.0 Å². The van der Waals surface area contributed by atoms with E-state index in [1.54, 1.807) is 31.4 Å². The zero-order valence-electron chi connectivity index (χ0n) is 19.2. The zero-order chi connectivity index (χ0) is 23.3. The van der Waals surface area contributed by atoms with E-state index in [4.69, 9.17) is 4.74 Å². The van der Waals surface area contributed by atoms with Crippen LogP contribution < -0.4 is 10.1 Å². The number of para-hydroxylation sites is 2. The summed E-state index contributed by atoms with van der Waals surface area (Å²) < 4.78 is 32.9. The minimum Gasteiger partial charge on any atom is -0.495 e. The Morgan fingerprint density at radius 2 is 1.66 bits per heavy atom. The fourth-order valence-corrected chi connectivity index (χ4v) is 5.26. The third-order valence-electron chi connectivity index (χ3n) is 6.26. The minimum atomic E-state index is -3.55. The lowest BCUT2D eigenvalue weighted by atomic mass is 9.99. The lowest BCUT2D eigenvalue weighted by Gasteiger charge is -2.36. The molecule has 0 saturated carbocycles. The van der Waals surface area contributed by atoms with Crippen LogP contribution in [0.5, 0.6) is 5.75 Å². The summed E-state index contributed by atoms with van der Waals surface area (Å²) in [5.41, 5.74) is 1.76. The molecule has 1 N–H and O–H groups in total. The Morgan fingerprint density at radius 3 is 2.25 bits per heavy atom. The highest BCUT2D eigenvalue weighted by Crippen LogP contribution is 2.25. The first-order valence-corrected chi connectivity index (χ1v) is 12.5. The van der Waals surface area contributed by atoms with Gasteiger partial charge in [0.1, 0.15) is 5.75 Å². The monoisotopic (exact) mass is 459 g/mol. The van der Waals surface area contributed by atoms with Crippen molar-refractivity contribution < 1.29 is 17.9 Å². The third kappa shape index (κ3) is 5.31. The van der Waals surface area contributed by atoms with Gasteiger partial charge in [-0.3, -0.25) is 9.69 Å². The molecule has 0 radical (unpaired) electrons. The molecule has 32 heavy (non-hydrogen) atoms. The maximum Gasteiger partial charge on any atom is 0.243 e. The molecule has 8 heteroatoms. The van der Waals surface area contributed by atoms with Crippen LogP contribution in [0.25, 0.3) is 0 Å². The summed E-state index contributed by atoms with van der Waals surface area (Å²) in [5.74, 6) is 0.855. The predicted octanol–water partition coefficient (Wildman–Crippen LogP) is 3.54. The van der Waals surface area contributed by atoms with E-state index in [1.165, 1.54) is 4.31 Å². The third-order valence-corrected chi connectivity index (χ3v) is 8.18. The molecule has 1 fully saturated rings. The molecule has 3 rings (SSSR count). The molecule has 2 unspecified atom stereocenters. The second-order valence-corrected chi connectivity index (χ2v) is 10.1. The molecule has 0 aromatic heterocycles. The number of methoxy groups -OCH3 is 1. The largest absolute Gasteiger partial charge is 0.495 e. The summed E-state index contributed by atoms with van der Waals surface area (Å²) in [6.07, 6.45) is 1.01. The molecule has 0 spiro atoms. The molecule has 2 atom stereocenters. The average Bonchev–Trinajstić information content (AvgIpc) is 2.83. The summed E-state index contributed by atoms with van der Waals surface area (Å²) in [5, 5.41) is 2.91. The van der Waals surface area contributed by atoms with Crippen molar-refractivity contribution in [2.45, 2.75) is 44.0 Å². The highest BCUT2D eigenvalue weighted by molar-refractivity contribution is 7.89. The summed E-state index contributed by atoms with van der Waals surface area (Å²) >= 11 is 0. The normalized spacial score (nSPS) is 17.5. The number of nitrogens with zero attached hydrogens (tertiary/aromatic N) is 2. The van der Waals surface area contributed by atoms with Crippen molar-refractivity contribution in [2.75, 3.05) is 38.6 Å². The van der Waals surface area contributed by atoms with Crippen LogP contribution in [0.3, 0.4) is 0 Å². The fourth-order valence-electron chi connectivity index (χ4n) is 3.84. The first-order valence-electron chi connectivity index (χ1n) is 11.1. The van der Waals surface area contributed by atoms with Gasteiger partial charge >= 0.3 is 0 Å². The molecule has 2 aromatic rings. The number of rotatable bonds is 8. The average molecular weight is 460 g/mol. The minimum absolute atomic E-state index is 0.147. The molecule has 1 heterocycles. The zero-order valence-corrected chi connectivity index (χ0v) is 20.1. The van der Waals surface area contributed by atoms with Gasteiger partial charge in [-0.2, -0.15) is 4.31 Å². The Morgan fingerprint density at radius 1 is 1.03 bits per heavy atom. The van der Waals surface area contributed by atoms with E-state index in [-0.39, 0.29) is 11.9 Å². The number of carbonyl (C=O) groups is 1. The SMILES string of the molecule is CCC(C)c1ccc(S(=O)(=O)N2CCN(C(C)C(=O)Nc3ccccc3OC)CC2)cc1. The molecular weight excluding hydrogens is 426 g/mol. The van der Waals surface area contributed by atoms with Crippen LogP contribution in [0, 0.1) is 0 Å². The van der Waals surface area contributed by atoms with Gasteiger partial charge in [0, 0.05) is 26.2 Å². The van der Waals surface area contributed by atoms with Crippen LogP contribution in [0.15, 0.2) is 53.4 Å². The second kappa shape index (κ2) is 10.5. The van der Waals surface area contributed by atoms with Gasteiger partial charge in [-0.1, -0.05) is 38.1 Å². The van der Waals surface area contributed by atoms with E-state index in [0.29, 0.717) is 48.4 Å². The number of nitrogens with one attached hydrogen (secondary N) is 1. The Hall–Kier alpha value is -2.42. The van der Waals surface area contributed by atoms with Crippen LogP contribution in [-0.2, 0) is 14.8 Å².